The number of unbranched alkanes of at least 4 members (excludes halogenated alkanes) is 1. The number of rotatable bonds is 11. The van der Waals surface area contributed by atoms with Crippen molar-refractivity contribution in [2.75, 3.05) is 0 Å². The normalized spacial score (nSPS) is 29.3. The van der Waals surface area contributed by atoms with Crippen molar-refractivity contribution in [1.82, 2.24) is 9.80 Å². The summed E-state index contributed by atoms with van der Waals surface area (Å²) in [4.78, 5) is 32.0. The Morgan fingerprint density at radius 2 is 1.43 bits per heavy atom. The first-order chi connectivity index (χ1) is 16.0. The number of hydrogen-bond donors (Lipinski definition) is 0. The summed E-state index contributed by atoms with van der Waals surface area (Å²) in [5, 5.41) is 0. The molecule has 0 spiro atoms. The van der Waals surface area contributed by atoms with E-state index >= 15 is 0 Å². The summed E-state index contributed by atoms with van der Waals surface area (Å²) in [6.45, 7) is 26.5. The summed E-state index contributed by atoms with van der Waals surface area (Å²) in [5.41, 5.74) is -0.518. The zero-order chi connectivity index (χ0) is 26.9. The molecule has 0 saturated carbocycles. The summed E-state index contributed by atoms with van der Waals surface area (Å²) in [6, 6.07) is 1.40. The Kier molecular flexibility index (Phi) is 9.87. The second kappa shape index (κ2) is 11.3. The monoisotopic (exact) mass is 490 g/mol. The lowest BCUT2D eigenvalue weighted by molar-refractivity contribution is -0.134. The zero-order valence-electron chi connectivity index (χ0n) is 25.3. The molecule has 2 aliphatic heterocycles. The van der Waals surface area contributed by atoms with Crippen LogP contribution in [0, 0.1) is 16.7 Å². The van der Waals surface area contributed by atoms with E-state index in [1.54, 1.807) is 0 Å². The van der Waals surface area contributed by atoms with Gasteiger partial charge < -0.3 is 0 Å². The van der Waals surface area contributed by atoms with E-state index < -0.39 is 0 Å². The summed E-state index contributed by atoms with van der Waals surface area (Å²) in [5.74, 6) is 1.42. The zero-order valence-corrected chi connectivity index (χ0v) is 25.3. The lowest BCUT2D eigenvalue weighted by Gasteiger charge is -2.41. The maximum atomic E-state index is 13.6. The van der Waals surface area contributed by atoms with Crippen molar-refractivity contribution in [3.63, 3.8) is 0 Å². The average molecular weight is 491 g/mol. The van der Waals surface area contributed by atoms with E-state index in [0.717, 1.165) is 51.4 Å². The molecule has 5 atom stereocenters. The Morgan fingerprint density at radius 3 is 1.94 bits per heavy atom. The third-order valence-corrected chi connectivity index (χ3v) is 9.53. The summed E-state index contributed by atoms with van der Waals surface area (Å²) >= 11 is 0. The molecular formula is C31H58N2O2. The third kappa shape index (κ3) is 6.78. The Labute approximate surface area is 218 Å². The molecule has 2 fully saturated rings. The number of Topliss-reactive ketones (excluding diaryl/α,β-unsaturated/α-hetero) is 2. The van der Waals surface area contributed by atoms with E-state index in [2.05, 4.69) is 92.9 Å². The highest BCUT2D eigenvalue weighted by atomic mass is 16.1. The highest BCUT2D eigenvalue weighted by molar-refractivity contribution is 5.90. The van der Waals surface area contributed by atoms with Gasteiger partial charge in [0.1, 0.15) is 0 Å². The first kappa shape index (κ1) is 30.5. The molecule has 0 bridgehead atoms. The first-order valence-electron chi connectivity index (χ1n) is 14.6. The molecule has 35 heavy (non-hydrogen) atoms. The molecule has 4 heteroatoms. The van der Waals surface area contributed by atoms with Gasteiger partial charge in [0.2, 0.25) is 0 Å². The van der Waals surface area contributed by atoms with Crippen molar-refractivity contribution in [1.29, 1.82) is 0 Å². The standard InChI is InChI=1S/C31H58N2O2/c1-13-30(9,10)28(35)26-20-24(23(5)32(26)21(2)3)16-14-15-19-31(11,12)27(34)25-18-17-22(4)33(25)29(6,7)8/h21-26H,13-20H2,1-12H3/t22-,23-,24-,25+,26+/m1/s1. The number of carbonyl (C=O) groups is 2. The van der Waals surface area contributed by atoms with Crippen LogP contribution in [0.5, 0.6) is 0 Å². The molecule has 2 heterocycles. The minimum absolute atomic E-state index is 0.0214. The smallest absolute Gasteiger partial charge is 0.155 e. The lowest BCUT2D eigenvalue weighted by Crippen LogP contribution is -2.53. The van der Waals surface area contributed by atoms with E-state index in [-0.39, 0.29) is 28.5 Å². The Bertz CT molecular complexity index is 733. The molecule has 0 aromatic heterocycles. The molecular weight excluding hydrogens is 432 g/mol. The van der Waals surface area contributed by atoms with Crippen LogP contribution in [0.25, 0.3) is 0 Å². The Balaban J connectivity index is 1.96. The van der Waals surface area contributed by atoms with Gasteiger partial charge in [0, 0.05) is 34.5 Å². The molecule has 0 radical (unpaired) electrons. The van der Waals surface area contributed by atoms with Gasteiger partial charge >= 0.3 is 0 Å². The fraction of sp³-hybridized carbons (Fsp3) is 0.935. The van der Waals surface area contributed by atoms with Crippen LogP contribution in [-0.4, -0.2) is 57.1 Å². The second-order valence-corrected chi connectivity index (χ2v) is 14.4. The quantitative estimate of drug-likeness (QED) is 0.285. The van der Waals surface area contributed by atoms with Crippen molar-refractivity contribution < 1.29 is 9.59 Å². The first-order valence-corrected chi connectivity index (χ1v) is 14.6. The van der Waals surface area contributed by atoms with Crippen LogP contribution < -0.4 is 0 Å². The van der Waals surface area contributed by atoms with Gasteiger partial charge in [-0.1, -0.05) is 47.5 Å². The number of likely N-dealkylation sites (tertiary alicyclic amines) is 2. The summed E-state index contributed by atoms with van der Waals surface area (Å²) in [7, 11) is 0. The van der Waals surface area contributed by atoms with Crippen LogP contribution in [0.1, 0.15) is 134 Å². The highest BCUT2D eigenvalue weighted by Crippen LogP contribution is 2.40. The fourth-order valence-corrected chi connectivity index (χ4v) is 7.11. The van der Waals surface area contributed by atoms with Crippen molar-refractivity contribution in [3.05, 3.63) is 0 Å². The fourth-order valence-electron chi connectivity index (χ4n) is 7.11. The van der Waals surface area contributed by atoms with Gasteiger partial charge in [-0.05, 0) is 92.9 Å². The molecule has 0 N–H and O–H groups in total. The lowest BCUT2D eigenvalue weighted by atomic mass is 9.78. The van der Waals surface area contributed by atoms with Gasteiger partial charge in [0.25, 0.3) is 0 Å². The second-order valence-electron chi connectivity index (χ2n) is 14.4. The molecule has 204 valence electrons. The van der Waals surface area contributed by atoms with Crippen LogP contribution in [0.2, 0.25) is 0 Å². The molecule has 0 aliphatic carbocycles. The van der Waals surface area contributed by atoms with Gasteiger partial charge in [-0.25, -0.2) is 0 Å². The number of ketones is 2. The van der Waals surface area contributed by atoms with Crippen molar-refractivity contribution in [2.45, 2.75) is 170 Å². The maximum absolute atomic E-state index is 13.6. The van der Waals surface area contributed by atoms with Crippen molar-refractivity contribution >= 4 is 11.6 Å². The van der Waals surface area contributed by atoms with Crippen molar-refractivity contribution in [3.8, 4) is 0 Å². The Hall–Kier alpha value is -0.740. The topological polar surface area (TPSA) is 40.6 Å². The highest BCUT2D eigenvalue weighted by Gasteiger charge is 2.47. The molecule has 0 amide bonds. The molecule has 0 unspecified atom stereocenters. The molecule has 2 saturated heterocycles. The van der Waals surface area contributed by atoms with Gasteiger partial charge in [-0.15, -0.1) is 0 Å². The number of carbonyl (C=O) groups excluding carboxylic acids is 2. The molecule has 0 aromatic carbocycles. The molecule has 4 nitrogen and oxygen atoms in total. The number of hydrogen-bond acceptors (Lipinski definition) is 4. The molecule has 2 rings (SSSR count). The van der Waals surface area contributed by atoms with Gasteiger partial charge in [-0.3, -0.25) is 19.4 Å². The van der Waals surface area contributed by atoms with E-state index in [1.807, 2.05) is 0 Å². The largest absolute Gasteiger partial charge is 0.297 e. The third-order valence-electron chi connectivity index (χ3n) is 9.53. The van der Waals surface area contributed by atoms with E-state index in [1.165, 1.54) is 0 Å². The van der Waals surface area contributed by atoms with Crippen molar-refractivity contribution in [2.24, 2.45) is 16.7 Å². The van der Waals surface area contributed by atoms with E-state index in [0.29, 0.717) is 35.6 Å². The molecule has 0 aromatic rings. The summed E-state index contributed by atoms with van der Waals surface area (Å²) < 4.78 is 0. The van der Waals surface area contributed by atoms with Crippen LogP contribution >= 0.6 is 0 Å². The van der Waals surface area contributed by atoms with Gasteiger partial charge in [-0.2, -0.15) is 0 Å². The number of nitrogens with zero attached hydrogens (tertiary/aromatic N) is 2. The SMILES string of the molecule is CCC(C)(C)C(=O)[C@@H]1C[C@@H](CCCCC(C)(C)C(=O)[C@@H]2CC[C@@H](C)N2C(C)(C)C)[C@@H](C)N1C(C)C. The van der Waals surface area contributed by atoms with Crippen LogP contribution in [0.4, 0.5) is 0 Å². The van der Waals surface area contributed by atoms with Crippen LogP contribution in [0.15, 0.2) is 0 Å². The van der Waals surface area contributed by atoms with Gasteiger partial charge in [0.05, 0.1) is 12.1 Å². The average Bonchev–Trinajstić information content (AvgIpc) is 3.29. The van der Waals surface area contributed by atoms with Crippen LogP contribution in [-0.2, 0) is 9.59 Å². The molecule has 2 aliphatic rings. The minimum atomic E-state index is -0.285. The Morgan fingerprint density at radius 1 is 0.857 bits per heavy atom. The van der Waals surface area contributed by atoms with E-state index in [4.69, 9.17) is 0 Å². The predicted molar refractivity (Wildman–Crippen MR) is 149 cm³/mol. The maximum Gasteiger partial charge on any atom is 0.155 e. The van der Waals surface area contributed by atoms with Gasteiger partial charge in [0.15, 0.2) is 11.6 Å². The summed E-state index contributed by atoms with van der Waals surface area (Å²) in [6.07, 6.45) is 8.32. The van der Waals surface area contributed by atoms with Crippen LogP contribution in [0.3, 0.4) is 0 Å². The van der Waals surface area contributed by atoms with E-state index in [9.17, 15) is 9.59 Å². The minimum Gasteiger partial charge on any atom is -0.297 e. The predicted octanol–water partition coefficient (Wildman–Crippen LogP) is 7.29.